The summed E-state index contributed by atoms with van der Waals surface area (Å²) in [6.45, 7) is 18.6. The van der Waals surface area contributed by atoms with Crippen LogP contribution in [0.1, 0.15) is 40.0 Å². The highest BCUT2D eigenvalue weighted by atomic mass is 79.9. The van der Waals surface area contributed by atoms with Crippen LogP contribution in [0.15, 0.2) is 0 Å². The minimum absolute atomic E-state index is 0. The fourth-order valence-corrected chi connectivity index (χ4v) is 3.90. The number of halogens is 2. The maximum atomic E-state index is 2.45. The molecule has 1 atom stereocenters. The maximum Gasteiger partial charge on any atom is 0.129 e. The predicted octanol–water partition coefficient (Wildman–Crippen LogP) is -3.50. The summed E-state index contributed by atoms with van der Waals surface area (Å²) >= 11 is 0. The average molecular weight is 400 g/mol. The zero-order chi connectivity index (χ0) is 12.4. The Bertz CT molecular complexity index is 245. The maximum absolute atomic E-state index is 2.45. The summed E-state index contributed by atoms with van der Waals surface area (Å²) in [4.78, 5) is 0. The van der Waals surface area contributed by atoms with E-state index in [1.807, 2.05) is 0 Å². The molecule has 2 aliphatic rings. The van der Waals surface area contributed by atoms with Crippen LogP contribution in [0, 0.1) is 5.92 Å². The molecule has 0 aromatic carbocycles. The van der Waals surface area contributed by atoms with Crippen LogP contribution in [0.4, 0.5) is 0 Å². The summed E-state index contributed by atoms with van der Waals surface area (Å²) in [5.74, 6) is 0.978. The van der Waals surface area contributed by atoms with E-state index in [4.69, 9.17) is 0 Å². The standard InChI is InChI=1S/C15H32N2.2BrH/c1-4-16(5-2)11-13-17(14-12-16)9-6-7-15(3)8-10-17;;/h15H,4-14H2,1-3H3;2*1H/q+2;;/p-2. The topological polar surface area (TPSA) is 0 Å². The van der Waals surface area contributed by atoms with E-state index in [1.165, 1.54) is 80.6 Å². The molecule has 2 saturated heterocycles. The van der Waals surface area contributed by atoms with Gasteiger partial charge >= 0.3 is 0 Å². The van der Waals surface area contributed by atoms with Gasteiger partial charge in [-0.1, -0.05) is 6.92 Å². The molecule has 0 amide bonds. The molecule has 0 aromatic heterocycles. The molecule has 2 rings (SSSR count). The van der Waals surface area contributed by atoms with Crippen LogP contribution in [0.5, 0.6) is 0 Å². The van der Waals surface area contributed by atoms with Crippen molar-refractivity contribution in [3.05, 3.63) is 0 Å². The summed E-state index contributed by atoms with van der Waals surface area (Å²) < 4.78 is 2.85. The van der Waals surface area contributed by atoms with Crippen molar-refractivity contribution in [1.29, 1.82) is 0 Å². The molecule has 1 spiro atoms. The Morgan fingerprint density at radius 2 is 1.37 bits per heavy atom. The summed E-state index contributed by atoms with van der Waals surface area (Å²) in [5, 5.41) is 0. The second kappa shape index (κ2) is 8.35. The predicted molar refractivity (Wildman–Crippen MR) is 73.8 cm³/mol. The van der Waals surface area contributed by atoms with Gasteiger partial charge in [0, 0.05) is 0 Å². The highest BCUT2D eigenvalue weighted by Gasteiger charge is 2.40. The third-order valence-electron chi connectivity index (χ3n) is 5.86. The average Bonchev–Trinajstić information content (AvgIpc) is 2.55. The molecule has 0 bridgehead atoms. The molecule has 0 aliphatic carbocycles. The van der Waals surface area contributed by atoms with Gasteiger partial charge in [-0.3, -0.25) is 0 Å². The van der Waals surface area contributed by atoms with Gasteiger partial charge in [0.05, 0.1) is 26.2 Å². The first-order valence-electron chi connectivity index (χ1n) is 7.84. The highest BCUT2D eigenvalue weighted by Crippen LogP contribution is 2.26. The first-order chi connectivity index (χ1) is 8.14. The van der Waals surface area contributed by atoms with Crippen molar-refractivity contribution in [2.24, 2.45) is 5.92 Å². The van der Waals surface area contributed by atoms with Crippen LogP contribution in [0.2, 0.25) is 0 Å². The van der Waals surface area contributed by atoms with Crippen LogP contribution in [-0.4, -0.2) is 61.3 Å². The summed E-state index contributed by atoms with van der Waals surface area (Å²) in [7, 11) is 0. The van der Waals surface area contributed by atoms with Crippen LogP contribution in [-0.2, 0) is 0 Å². The van der Waals surface area contributed by atoms with Crippen molar-refractivity contribution < 1.29 is 42.9 Å². The molecule has 0 radical (unpaired) electrons. The quantitative estimate of drug-likeness (QED) is 0.423. The molecule has 0 aromatic rings. The van der Waals surface area contributed by atoms with Crippen LogP contribution >= 0.6 is 0 Å². The molecule has 2 nitrogen and oxygen atoms in total. The Hall–Kier alpha value is 0.880. The molecule has 2 heterocycles. The molecule has 116 valence electrons. The van der Waals surface area contributed by atoms with Crippen molar-refractivity contribution in [3.63, 3.8) is 0 Å². The second-order valence-electron chi connectivity index (χ2n) is 6.69. The van der Waals surface area contributed by atoms with Gasteiger partial charge in [-0.25, -0.2) is 0 Å². The zero-order valence-corrected chi connectivity index (χ0v) is 16.2. The number of hydrogen-bond acceptors (Lipinski definition) is 0. The summed E-state index contributed by atoms with van der Waals surface area (Å²) in [5.41, 5.74) is 0. The van der Waals surface area contributed by atoms with Gasteiger partial charge in [0.15, 0.2) is 0 Å². The van der Waals surface area contributed by atoms with E-state index >= 15 is 0 Å². The first-order valence-corrected chi connectivity index (χ1v) is 7.84. The fourth-order valence-electron chi connectivity index (χ4n) is 3.90. The normalized spacial score (nSPS) is 28.9. The molecule has 2 aliphatic heterocycles. The minimum Gasteiger partial charge on any atom is -1.00 e. The van der Waals surface area contributed by atoms with E-state index in [0.29, 0.717) is 0 Å². The number of hydrogen-bond donors (Lipinski definition) is 0. The monoisotopic (exact) mass is 398 g/mol. The molecule has 0 saturated carbocycles. The molecular weight excluding hydrogens is 368 g/mol. The SMILES string of the molecule is CC[N+]1(CC)CC[N+]2(CCCC(C)CC2)CC1.[Br-].[Br-]. The minimum atomic E-state index is 0. The second-order valence-corrected chi connectivity index (χ2v) is 6.69. The number of quaternary nitrogens is 2. The Morgan fingerprint density at radius 3 is 1.89 bits per heavy atom. The molecule has 1 unspecified atom stereocenters. The van der Waals surface area contributed by atoms with Crippen molar-refractivity contribution in [2.45, 2.75) is 40.0 Å². The third-order valence-corrected chi connectivity index (χ3v) is 5.86. The molecule has 19 heavy (non-hydrogen) atoms. The van der Waals surface area contributed by atoms with Crippen LogP contribution in [0.3, 0.4) is 0 Å². The van der Waals surface area contributed by atoms with E-state index in [-0.39, 0.29) is 34.0 Å². The van der Waals surface area contributed by atoms with E-state index in [0.717, 1.165) is 5.92 Å². The lowest BCUT2D eigenvalue weighted by Gasteiger charge is -2.49. The summed E-state index contributed by atoms with van der Waals surface area (Å²) in [6.07, 6.45) is 4.42. The van der Waals surface area contributed by atoms with Crippen LogP contribution in [0.25, 0.3) is 0 Å². The molecule has 4 heteroatoms. The number of nitrogens with zero attached hydrogens (tertiary/aromatic N) is 2. The van der Waals surface area contributed by atoms with Crippen LogP contribution < -0.4 is 34.0 Å². The fraction of sp³-hybridized carbons (Fsp3) is 1.00. The third kappa shape index (κ3) is 4.69. The van der Waals surface area contributed by atoms with Gasteiger partial charge in [0.2, 0.25) is 0 Å². The Kier molecular flexibility index (Phi) is 8.74. The van der Waals surface area contributed by atoms with E-state index in [1.54, 1.807) is 0 Å². The van der Waals surface area contributed by atoms with Crippen molar-refractivity contribution in [2.75, 3.05) is 52.4 Å². The van der Waals surface area contributed by atoms with Gasteiger partial charge in [-0.15, -0.1) is 0 Å². The zero-order valence-electron chi connectivity index (χ0n) is 13.0. The Balaban J connectivity index is 0.00000162. The van der Waals surface area contributed by atoms with E-state index in [2.05, 4.69) is 20.8 Å². The van der Waals surface area contributed by atoms with Gasteiger partial charge in [-0.2, -0.15) is 0 Å². The van der Waals surface area contributed by atoms with E-state index < -0.39 is 0 Å². The van der Waals surface area contributed by atoms with Crippen molar-refractivity contribution in [3.8, 4) is 0 Å². The number of piperazine rings is 1. The van der Waals surface area contributed by atoms with Crippen molar-refractivity contribution in [1.82, 2.24) is 0 Å². The lowest BCUT2D eigenvalue weighted by Crippen LogP contribution is -3.00. The van der Waals surface area contributed by atoms with Gasteiger partial charge < -0.3 is 42.9 Å². The lowest BCUT2D eigenvalue weighted by atomic mass is 10.0. The Labute approximate surface area is 141 Å². The van der Waals surface area contributed by atoms with Gasteiger partial charge in [-0.05, 0) is 39.0 Å². The number of rotatable bonds is 2. The Morgan fingerprint density at radius 1 is 0.789 bits per heavy atom. The molecular formula is C15H32Br2N2. The largest absolute Gasteiger partial charge is 1.00 e. The first kappa shape index (κ1) is 19.9. The smallest absolute Gasteiger partial charge is 0.129 e. The van der Waals surface area contributed by atoms with Gasteiger partial charge in [0.1, 0.15) is 26.2 Å². The highest BCUT2D eigenvalue weighted by molar-refractivity contribution is 4.62. The lowest BCUT2D eigenvalue weighted by molar-refractivity contribution is -1.03. The molecule has 2 fully saturated rings. The van der Waals surface area contributed by atoms with Gasteiger partial charge in [0.25, 0.3) is 0 Å². The molecule has 0 N–H and O–H groups in total. The number of likely N-dealkylation sites (N-methyl/N-ethyl adjacent to an activating group) is 1. The van der Waals surface area contributed by atoms with Crippen molar-refractivity contribution >= 4 is 0 Å². The summed E-state index contributed by atoms with van der Waals surface area (Å²) in [6, 6.07) is 0. The van der Waals surface area contributed by atoms with E-state index in [9.17, 15) is 0 Å².